The van der Waals surface area contributed by atoms with Crippen LogP contribution in [-0.4, -0.2) is 24.7 Å². The standard InChI is InChI=1S/C17H17ClN2O3/c1-3-23-17(21)15(12-4-6-14(22-2)7-5-12)11-20-13-8-9-19-16(18)10-13/h4-11H,3H2,1-2H3,(H,19,20)/b15-11-. The Hall–Kier alpha value is -2.53. The number of hydrogen-bond acceptors (Lipinski definition) is 5. The van der Waals surface area contributed by atoms with Crippen LogP contribution in [0, 0.1) is 0 Å². The third-order valence-electron chi connectivity index (χ3n) is 3.01. The lowest BCUT2D eigenvalue weighted by atomic mass is 10.1. The first-order valence-corrected chi connectivity index (χ1v) is 7.41. The normalized spacial score (nSPS) is 11.0. The lowest BCUT2D eigenvalue weighted by Crippen LogP contribution is -2.08. The molecular weight excluding hydrogens is 316 g/mol. The van der Waals surface area contributed by atoms with Gasteiger partial charge in [-0.25, -0.2) is 9.78 Å². The number of ether oxygens (including phenoxy) is 2. The van der Waals surface area contributed by atoms with E-state index in [1.807, 2.05) is 0 Å². The van der Waals surface area contributed by atoms with E-state index in [0.29, 0.717) is 23.1 Å². The number of benzene rings is 1. The van der Waals surface area contributed by atoms with Crippen molar-refractivity contribution in [2.45, 2.75) is 6.92 Å². The first kappa shape index (κ1) is 16.8. The summed E-state index contributed by atoms with van der Waals surface area (Å²) in [4.78, 5) is 16.1. The third kappa shape index (κ3) is 4.72. The zero-order valence-corrected chi connectivity index (χ0v) is 13.6. The van der Waals surface area contributed by atoms with Crippen molar-refractivity contribution in [1.29, 1.82) is 0 Å². The van der Waals surface area contributed by atoms with E-state index in [1.165, 1.54) is 0 Å². The van der Waals surface area contributed by atoms with Gasteiger partial charge in [0.2, 0.25) is 0 Å². The minimum absolute atomic E-state index is 0.299. The van der Waals surface area contributed by atoms with Crippen LogP contribution in [-0.2, 0) is 9.53 Å². The number of carbonyl (C=O) groups is 1. The van der Waals surface area contributed by atoms with Gasteiger partial charge in [-0.05, 0) is 36.8 Å². The van der Waals surface area contributed by atoms with E-state index in [-0.39, 0.29) is 0 Å². The monoisotopic (exact) mass is 332 g/mol. The summed E-state index contributed by atoms with van der Waals surface area (Å²) in [5, 5.41) is 3.40. The lowest BCUT2D eigenvalue weighted by Gasteiger charge is -2.09. The number of hydrogen-bond donors (Lipinski definition) is 1. The summed E-state index contributed by atoms with van der Waals surface area (Å²) < 4.78 is 10.2. The van der Waals surface area contributed by atoms with Gasteiger partial charge in [0, 0.05) is 18.1 Å². The molecule has 0 fully saturated rings. The fourth-order valence-electron chi connectivity index (χ4n) is 1.89. The van der Waals surface area contributed by atoms with Crippen LogP contribution in [0.25, 0.3) is 5.57 Å². The van der Waals surface area contributed by atoms with Gasteiger partial charge in [-0.2, -0.15) is 0 Å². The molecule has 1 aromatic heterocycles. The van der Waals surface area contributed by atoms with Gasteiger partial charge in [0.15, 0.2) is 0 Å². The topological polar surface area (TPSA) is 60.5 Å². The van der Waals surface area contributed by atoms with E-state index in [2.05, 4.69) is 10.3 Å². The average molecular weight is 333 g/mol. The van der Waals surface area contributed by atoms with Crippen LogP contribution >= 0.6 is 11.6 Å². The lowest BCUT2D eigenvalue weighted by molar-refractivity contribution is -0.136. The highest BCUT2D eigenvalue weighted by Crippen LogP contribution is 2.21. The molecule has 2 aromatic rings. The Morgan fingerprint density at radius 1 is 1.30 bits per heavy atom. The summed E-state index contributed by atoms with van der Waals surface area (Å²) in [7, 11) is 1.59. The fraction of sp³-hybridized carbons (Fsp3) is 0.176. The zero-order chi connectivity index (χ0) is 16.7. The molecule has 0 atom stereocenters. The molecule has 6 heteroatoms. The minimum atomic E-state index is -0.412. The van der Waals surface area contributed by atoms with Crippen molar-refractivity contribution in [2.75, 3.05) is 19.0 Å². The number of esters is 1. The maximum Gasteiger partial charge on any atom is 0.340 e. The van der Waals surface area contributed by atoms with Crippen molar-refractivity contribution < 1.29 is 14.3 Å². The second-order valence-corrected chi connectivity index (χ2v) is 4.91. The van der Waals surface area contributed by atoms with Gasteiger partial charge >= 0.3 is 5.97 Å². The molecule has 5 nitrogen and oxygen atoms in total. The first-order valence-electron chi connectivity index (χ1n) is 7.04. The molecule has 0 aliphatic heterocycles. The minimum Gasteiger partial charge on any atom is -0.497 e. The van der Waals surface area contributed by atoms with Gasteiger partial charge in [0.05, 0.1) is 19.3 Å². The molecule has 0 saturated carbocycles. The number of nitrogens with zero attached hydrogens (tertiary/aromatic N) is 1. The number of methoxy groups -OCH3 is 1. The third-order valence-corrected chi connectivity index (χ3v) is 3.21. The van der Waals surface area contributed by atoms with Gasteiger partial charge < -0.3 is 14.8 Å². The molecular formula is C17H17ClN2O3. The Kier molecular flexibility index (Phi) is 6.00. The Balaban J connectivity index is 2.29. The molecule has 0 spiro atoms. The molecule has 120 valence electrons. The smallest absolute Gasteiger partial charge is 0.340 e. The SMILES string of the molecule is CCOC(=O)/C(=C\Nc1ccnc(Cl)c1)c1ccc(OC)cc1. The molecule has 1 aromatic carbocycles. The summed E-state index contributed by atoms with van der Waals surface area (Å²) in [5.41, 5.74) is 1.85. The molecule has 0 saturated heterocycles. The highest BCUT2D eigenvalue weighted by atomic mass is 35.5. The quantitative estimate of drug-likeness (QED) is 0.496. The summed E-state index contributed by atoms with van der Waals surface area (Å²) in [5.74, 6) is 0.302. The van der Waals surface area contributed by atoms with Crippen LogP contribution in [0.4, 0.5) is 5.69 Å². The fourth-order valence-corrected chi connectivity index (χ4v) is 2.06. The van der Waals surface area contributed by atoms with Gasteiger partial charge in [-0.15, -0.1) is 0 Å². The first-order chi connectivity index (χ1) is 11.1. The van der Waals surface area contributed by atoms with Crippen LogP contribution < -0.4 is 10.1 Å². The number of pyridine rings is 1. The predicted molar refractivity (Wildman–Crippen MR) is 90.5 cm³/mol. The van der Waals surface area contributed by atoms with Gasteiger partial charge in [-0.1, -0.05) is 23.7 Å². The van der Waals surface area contributed by atoms with E-state index in [0.717, 1.165) is 11.3 Å². The highest BCUT2D eigenvalue weighted by molar-refractivity contribution is 6.29. The summed E-state index contributed by atoms with van der Waals surface area (Å²) >= 11 is 5.85. The van der Waals surface area contributed by atoms with Crippen molar-refractivity contribution in [2.24, 2.45) is 0 Å². The van der Waals surface area contributed by atoms with Crippen LogP contribution in [0.5, 0.6) is 5.75 Å². The molecule has 0 aliphatic rings. The maximum absolute atomic E-state index is 12.2. The second-order valence-electron chi connectivity index (χ2n) is 4.52. The van der Waals surface area contributed by atoms with Gasteiger partial charge in [0.1, 0.15) is 10.9 Å². The Morgan fingerprint density at radius 3 is 2.65 bits per heavy atom. The molecule has 23 heavy (non-hydrogen) atoms. The van der Waals surface area contributed by atoms with Crippen LogP contribution in [0.3, 0.4) is 0 Å². The Bertz CT molecular complexity index is 699. The van der Waals surface area contributed by atoms with E-state index < -0.39 is 5.97 Å². The zero-order valence-electron chi connectivity index (χ0n) is 12.9. The molecule has 0 unspecified atom stereocenters. The summed E-state index contributed by atoms with van der Waals surface area (Å²) in [6.45, 7) is 2.06. The number of rotatable bonds is 6. The summed E-state index contributed by atoms with van der Waals surface area (Å²) in [6, 6.07) is 10.6. The number of halogens is 1. The molecule has 2 rings (SSSR count). The largest absolute Gasteiger partial charge is 0.497 e. The average Bonchev–Trinajstić information content (AvgIpc) is 2.56. The van der Waals surface area contributed by atoms with E-state index in [1.54, 1.807) is 62.8 Å². The Morgan fingerprint density at radius 2 is 2.04 bits per heavy atom. The molecule has 0 amide bonds. The van der Waals surface area contributed by atoms with Crippen molar-refractivity contribution >= 4 is 28.8 Å². The van der Waals surface area contributed by atoms with Gasteiger partial charge in [-0.3, -0.25) is 0 Å². The van der Waals surface area contributed by atoms with E-state index >= 15 is 0 Å². The molecule has 1 heterocycles. The van der Waals surface area contributed by atoms with Crippen molar-refractivity contribution in [3.63, 3.8) is 0 Å². The number of anilines is 1. The maximum atomic E-state index is 12.2. The van der Waals surface area contributed by atoms with Gasteiger partial charge in [0.25, 0.3) is 0 Å². The van der Waals surface area contributed by atoms with Crippen molar-refractivity contribution in [3.8, 4) is 5.75 Å². The molecule has 1 N–H and O–H groups in total. The predicted octanol–water partition coefficient (Wildman–Crippen LogP) is 3.76. The van der Waals surface area contributed by atoms with E-state index in [9.17, 15) is 4.79 Å². The Labute approximate surface area is 139 Å². The van der Waals surface area contributed by atoms with Crippen LogP contribution in [0.1, 0.15) is 12.5 Å². The van der Waals surface area contributed by atoms with Crippen LogP contribution in [0.2, 0.25) is 5.15 Å². The van der Waals surface area contributed by atoms with Crippen molar-refractivity contribution in [3.05, 3.63) is 59.5 Å². The van der Waals surface area contributed by atoms with Crippen molar-refractivity contribution in [1.82, 2.24) is 4.98 Å². The van der Waals surface area contributed by atoms with E-state index in [4.69, 9.17) is 21.1 Å². The summed E-state index contributed by atoms with van der Waals surface area (Å²) in [6.07, 6.45) is 3.17. The number of carbonyl (C=O) groups excluding carboxylic acids is 1. The van der Waals surface area contributed by atoms with Crippen LogP contribution in [0.15, 0.2) is 48.8 Å². The molecule has 0 radical (unpaired) electrons. The number of nitrogens with one attached hydrogen (secondary N) is 1. The molecule has 0 aliphatic carbocycles. The highest BCUT2D eigenvalue weighted by Gasteiger charge is 2.13. The molecule has 0 bridgehead atoms. The second kappa shape index (κ2) is 8.19. The number of aromatic nitrogens is 1.